The monoisotopic (exact) mass is 560 g/mol. The quantitative estimate of drug-likeness (QED) is 0.236. The molecule has 204 valence electrons. The second-order valence-corrected chi connectivity index (χ2v) is 13.9. The van der Waals surface area contributed by atoms with Crippen LogP contribution in [0.2, 0.25) is 0 Å². The number of hydrogen-bond acceptors (Lipinski definition) is 8. The summed E-state index contributed by atoms with van der Waals surface area (Å²) < 4.78 is 56.8. The van der Waals surface area contributed by atoms with Crippen molar-refractivity contribution in [1.82, 2.24) is 8.61 Å². The van der Waals surface area contributed by atoms with E-state index in [2.05, 4.69) is 10.7 Å². The van der Waals surface area contributed by atoms with Crippen LogP contribution in [-0.4, -0.2) is 56.8 Å². The van der Waals surface area contributed by atoms with Gasteiger partial charge in [-0.25, -0.2) is 16.8 Å². The van der Waals surface area contributed by atoms with Crippen molar-refractivity contribution >= 4 is 53.0 Å². The molecule has 2 saturated heterocycles. The lowest BCUT2D eigenvalue weighted by Gasteiger charge is -2.21. The van der Waals surface area contributed by atoms with Crippen molar-refractivity contribution in [2.24, 2.45) is 5.18 Å². The normalized spacial score (nSPS) is 18.8. The van der Waals surface area contributed by atoms with E-state index in [-0.39, 0.29) is 31.9 Å². The molecule has 0 radical (unpaired) electrons. The Labute approximate surface area is 222 Å². The van der Waals surface area contributed by atoms with Gasteiger partial charge >= 0.3 is 0 Å². The molecule has 3 aromatic carbocycles. The zero-order valence-corrected chi connectivity index (χ0v) is 22.7. The minimum absolute atomic E-state index is 0.0217. The number of benzene rings is 3. The number of nitrogens with one attached hydrogen (secondary N) is 1. The van der Waals surface area contributed by atoms with Crippen LogP contribution >= 0.6 is 0 Å². The summed E-state index contributed by atoms with van der Waals surface area (Å²) in [7, 11) is -7.64. The predicted molar refractivity (Wildman–Crippen MR) is 147 cm³/mol. The molecule has 0 amide bonds. The maximum Gasteiger partial charge on any atom is 0.243 e. The molecule has 0 saturated carbocycles. The van der Waals surface area contributed by atoms with Crippen molar-refractivity contribution in [3.8, 4) is 0 Å². The Morgan fingerprint density at radius 1 is 0.632 bits per heavy atom. The Hall–Kier alpha value is -2.64. The van der Waals surface area contributed by atoms with Gasteiger partial charge in [0.05, 0.1) is 15.5 Å². The van der Waals surface area contributed by atoms with E-state index in [4.69, 9.17) is 0 Å². The molecule has 2 heterocycles. The SMILES string of the molecule is O=Nc1c2cc(S(=O)(=O)N3CCCCCC3)ccc2c(NO)c2ccc(S(=O)(=O)N3CCCCCC3)cc12. The van der Waals surface area contributed by atoms with Gasteiger partial charge in [-0.2, -0.15) is 8.61 Å². The van der Waals surface area contributed by atoms with Gasteiger partial charge in [-0.1, -0.05) is 37.8 Å². The van der Waals surface area contributed by atoms with Crippen LogP contribution in [0.4, 0.5) is 11.4 Å². The van der Waals surface area contributed by atoms with Gasteiger partial charge in [0.15, 0.2) is 0 Å². The van der Waals surface area contributed by atoms with Crippen LogP contribution in [0.5, 0.6) is 0 Å². The van der Waals surface area contributed by atoms with E-state index < -0.39 is 20.0 Å². The first-order chi connectivity index (χ1) is 18.3. The van der Waals surface area contributed by atoms with Crippen molar-refractivity contribution in [3.05, 3.63) is 41.3 Å². The van der Waals surface area contributed by atoms with Crippen LogP contribution in [0.25, 0.3) is 21.5 Å². The zero-order chi connectivity index (χ0) is 26.9. The van der Waals surface area contributed by atoms with Crippen LogP contribution in [0.1, 0.15) is 51.4 Å². The molecule has 5 rings (SSSR count). The van der Waals surface area contributed by atoms with Gasteiger partial charge in [-0.15, -0.1) is 4.91 Å². The molecule has 3 aromatic rings. The minimum Gasteiger partial charge on any atom is -0.291 e. The minimum atomic E-state index is -3.82. The average Bonchev–Trinajstić information content (AvgIpc) is 3.38. The predicted octanol–water partition coefficient (Wildman–Crippen LogP) is 5.32. The first kappa shape index (κ1) is 26.9. The first-order valence-electron chi connectivity index (χ1n) is 13.1. The summed E-state index contributed by atoms with van der Waals surface area (Å²) in [6.45, 7) is 1.71. The second kappa shape index (κ2) is 10.9. The van der Waals surface area contributed by atoms with Crippen LogP contribution in [0, 0.1) is 4.91 Å². The molecule has 0 aliphatic carbocycles. The highest BCUT2D eigenvalue weighted by atomic mass is 32.2. The summed E-state index contributed by atoms with van der Waals surface area (Å²) in [5.74, 6) is 0. The number of hydrogen-bond donors (Lipinski definition) is 2. The van der Waals surface area contributed by atoms with Crippen molar-refractivity contribution in [2.75, 3.05) is 31.7 Å². The van der Waals surface area contributed by atoms with Crippen LogP contribution < -0.4 is 5.48 Å². The fourth-order valence-electron chi connectivity index (χ4n) is 5.57. The van der Waals surface area contributed by atoms with Crippen LogP contribution in [0.3, 0.4) is 0 Å². The van der Waals surface area contributed by atoms with E-state index in [1.54, 1.807) is 0 Å². The number of fused-ring (bicyclic) bond motifs is 2. The molecule has 2 fully saturated rings. The molecule has 0 bridgehead atoms. The molecule has 0 atom stereocenters. The molecule has 2 aliphatic rings. The summed E-state index contributed by atoms with van der Waals surface area (Å²) in [4.78, 5) is 12.2. The summed E-state index contributed by atoms with van der Waals surface area (Å²) in [6, 6.07) is 8.78. The lowest BCUT2D eigenvalue weighted by molar-refractivity contribution is 0.390. The fourth-order valence-corrected chi connectivity index (χ4v) is 8.65. The van der Waals surface area contributed by atoms with E-state index >= 15 is 0 Å². The largest absolute Gasteiger partial charge is 0.291 e. The van der Waals surface area contributed by atoms with E-state index in [9.17, 15) is 26.9 Å². The van der Waals surface area contributed by atoms with Crippen LogP contribution in [0.15, 0.2) is 51.4 Å². The van der Waals surface area contributed by atoms with Gasteiger partial charge in [-0.3, -0.25) is 10.7 Å². The van der Waals surface area contributed by atoms with Gasteiger partial charge in [-0.05, 0) is 55.1 Å². The highest BCUT2D eigenvalue weighted by Crippen LogP contribution is 2.43. The van der Waals surface area contributed by atoms with Crippen molar-refractivity contribution in [1.29, 1.82) is 0 Å². The number of anilines is 1. The molecular formula is C26H32N4O6S2. The second-order valence-electron chi connectivity index (χ2n) is 9.98. The maximum absolute atomic E-state index is 13.5. The Bertz CT molecular complexity index is 1460. The number of sulfonamides is 2. The highest BCUT2D eigenvalue weighted by Gasteiger charge is 2.28. The number of nitroso groups, excluding NO2 is 1. The van der Waals surface area contributed by atoms with Gasteiger partial charge in [0.1, 0.15) is 5.69 Å². The van der Waals surface area contributed by atoms with E-state index in [0.29, 0.717) is 37.0 Å². The summed E-state index contributed by atoms with van der Waals surface area (Å²) in [5.41, 5.74) is 2.32. The molecule has 0 aromatic heterocycles. The van der Waals surface area contributed by atoms with Crippen molar-refractivity contribution < 1.29 is 22.0 Å². The molecule has 2 N–H and O–H groups in total. The summed E-state index contributed by atoms with van der Waals surface area (Å²) in [5, 5.41) is 14.5. The summed E-state index contributed by atoms with van der Waals surface area (Å²) in [6.07, 6.45) is 7.03. The van der Waals surface area contributed by atoms with Gasteiger partial charge in [0, 0.05) is 47.7 Å². The van der Waals surface area contributed by atoms with E-state index in [1.165, 1.54) is 45.0 Å². The third-order valence-corrected chi connectivity index (χ3v) is 11.4. The third kappa shape index (κ3) is 4.79. The third-order valence-electron chi connectivity index (χ3n) is 7.64. The summed E-state index contributed by atoms with van der Waals surface area (Å²) >= 11 is 0. The Morgan fingerprint density at radius 2 is 1.03 bits per heavy atom. The lowest BCUT2D eigenvalue weighted by Crippen LogP contribution is -2.32. The van der Waals surface area contributed by atoms with Crippen molar-refractivity contribution in [2.45, 2.75) is 61.2 Å². The molecule has 0 spiro atoms. The molecule has 2 aliphatic heterocycles. The van der Waals surface area contributed by atoms with Gasteiger partial charge in [0.25, 0.3) is 0 Å². The van der Waals surface area contributed by atoms with Gasteiger partial charge < -0.3 is 0 Å². The average molecular weight is 561 g/mol. The lowest BCUT2D eigenvalue weighted by atomic mass is 9.99. The van der Waals surface area contributed by atoms with Gasteiger partial charge in [0.2, 0.25) is 20.0 Å². The Kier molecular flexibility index (Phi) is 7.70. The zero-order valence-electron chi connectivity index (χ0n) is 21.1. The van der Waals surface area contributed by atoms with Crippen molar-refractivity contribution in [3.63, 3.8) is 0 Å². The van der Waals surface area contributed by atoms with E-state index in [0.717, 1.165) is 51.4 Å². The number of nitrogens with zero attached hydrogens (tertiary/aromatic N) is 3. The first-order valence-corrected chi connectivity index (χ1v) is 15.9. The smallest absolute Gasteiger partial charge is 0.243 e. The Balaban J connectivity index is 1.69. The highest BCUT2D eigenvalue weighted by molar-refractivity contribution is 7.89. The molecular weight excluding hydrogens is 528 g/mol. The fraction of sp³-hybridized carbons (Fsp3) is 0.462. The van der Waals surface area contributed by atoms with E-state index in [1.807, 2.05) is 0 Å². The molecule has 10 nitrogen and oxygen atoms in total. The maximum atomic E-state index is 13.5. The van der Waals surface area contributed by atoms with Crippen LogP contribution in [-0.2, 0) is 20.0 Å². The number of rotatable bonds is 6. The standard InChI is InChI=1S/C26H32N4O6S2/c31-27-25-21-11-9-19(37(33,34)29-13-5-1-2-6-14-29)17-23(21)26(28-32)24-18-20(10-12-22(24)25)38(35,36)30-15-7-3-4-8-16-30/h9-12,17-18,27,31H,1-8,13-16H2. The topological polar surface area (TPSA) is 136 Å². The molecule has 38 heavy (non-hydrogen) atoms. The Morgan fingerprint density at radius 3 is 1.37 bits per heavy atom. The molecule has 12 heteroatoms. The molecule has 0 unspecified atom stereocenters.